The monoisotopic (exact) mass is 902 g/mol. The molecule has 70 heavy (non-hydrogen) atoms. The summed E-state index contributed by atoms with van der Waals surface area (Å²) in [6.07, 6.45) is 0. The number of hydrogen-bond donors (Lipinski definition) is 0. The van der Waals surface area contributed by atoms with Gasteiger partial charge in [0, 0.05) is 78.9 Å². The lowest BCUT2D eigenvalue weighted by atomic mass is 10.1. The van der Waals surface area contributed by atoms with Crippen molar-refractivity contribution in [2.45, 2.75) is 0 Å². The molecule has 8 heteroatoms. The molecule has 4 aromatic heterocycles. The maximum Gasteiger partial charge on any atom is 0.227 e. The standard InChI is InChI=1S/C62H38N4O4/c1-3-11-43(12-4-1)65(47-29-31-51-49-15-7-9-17-55(49)67-57(51)37-47)45-25-19-39(20-26-45)61-63-53-33-23-41(35-59(53)69-61)42-24-34-54-60(36-42)70-62(64-54)40-21-27-46(28-22-40)66(44-13-5-2-6-14-44)48-30-32-52-50-16-8-10-18-56(50)68-58(52)38-48/h1-38H. The van der Waals surface area contributed by atoms with E-state index in [1.54, 1.807) is 0 Å². The molecule has 14 rings (SSSR count). The Hall–Kier alpha value is -9.66. The normalized spacial score (nSPS) is 11.7. The topological polar surface area (TPSA) is 84.8 Å². The second-order valence-corrected chi connectivity index (χ2v) is 17.4. The largest absolute Gasteiger partial charge is 0.456 e. The summed E-state index contributed by atoms with van der Waals surface area (Å²) in [5.41, 5.74) is 16.2. The lowest BCUT2D eigenvalue weighted by molar-refractivity contribution is 0.619. The third-order valence-electron chi connectivity index (χ3n) is 13.1. The zero-order chi connectivity index (χ0) is 46.1. The quantitative estimate of drug-likeness (QED) is 0.142. The van der Waals surface area contributed by atoms with Gasteiger partial charge in [0.05, 0.1) is 0 Å². The Kier molecular flexibility index (Phi) is 9.03. The number of nitrogens with zero attached hydrogens (tertiary/aromatic N) is 4. The number of aromatic nitrogens is 2. The van der Waals surface area contributed by atoms with Crippen molar-refractivity contribution in [3.8, 4) is 34.0 Å². The smallest absolute Gasteiger partial charge is 0.227 e. The molecule has 0 radical (unpaired) electrons. The molecule has 10 aromatic carbocycles. The lowest BCUT2D eigenvalue weighted by Gasteiger charge is -2.25. The first kappa shape index (κ1) is 39.5. The van der Waals surface area contributed by atoms with Crippen LogP contribution in [0.4, 0.5) is 34.1 Å². The first-order chi connectivity index (χ1) is 34.6. The minimum atomic E-state index is 0.550. The average molecular weight is 903 g/mol. The highest BCUT2D eigenvalue weighted by Crippen LogP contribution is 2.42. The molecule has 0 saturated carbocycles. The van der Waals surface area contributed by atoms with Gasteiger partial charge in [-0.05, 0) is 145 Å². The van der Waals surface area contributed by atoms with E-state index in [0.717, 1.165) is 111 Å². The molecule has 0 saturated heterocycles. The van der Waals surface area contributed by atoms with Crippen LogP contribution in [0.25, 0.3) is 100 Å². The van der Waals surface area contributed by atoms with Crippen LogP contribution in [-0.4, -0.2) is 9.97 Å². The molecular formula is C62H38N4O4. The molecule has 0 fully saturated rings. The van der Waals surface area contributed by atoms with E-state index in [2.05, 4.69) is 168 Å². The number of hydrogen-bond acceptors (Lipinski definition) is 8. The molecule has 330 valence electrons. The SMILES string of the molecule is c1ccc(N(c2ccc(-c3nc4ccc(-c5ccc6nc(-c7ccc(N(c8ccccc8)c8ccc9c(c8)oc8ccccc89)cc7)oc6c5)cc4o3)cc2)c2ccc3c(c2)oc2ccccc23)cc1. The molecule has 0 aliphatic rings. The highest BCUT2D eigenvalue weighted by Gasteiger charge is 2.19. The molecule has 8 nitrogen and oxygen atoms in total. The highest BCUT2D eigenvalue weighted by atomic mass is 16.4. The van der Waals surface area contributed by atoms with E-state index in [-0.39, 0.29) is 0 Å². The molecule has 0 aliphatic carbocycles. The summed E-state index contributed by atoms with van der Waals surface area (Å²) >= 11 is 0. The van der Waals surface area contributed by atoms with E-state index < -0.39 is 0 Å². The van der Waals surface area contributed by atoms with Gasteiger partial charge in [0.15, 0.2) is 11.2 Å². The van der Waals surface area contributed by atoms with Crippen LogP contribution in [0.1, 0.15) is 0 Å². The van der Waals surface area contributed by atoms with Crippen molar-refractivity contribution >= 4 is 100 Å². The number of oxazole rings is 2. The average Bonchev–Trinajstić information content (AvgIpc) is 4.22. The first-order valence-corrected chi connectivity index (χ1v) is 23.2. The minimum Gasteiger partial charge on any atom is -0.456 e. The minimum absolute atomic E-state index is 0.550. The van der Waals surface area contributed by atoms with Gasteiger partial charge in [-0.2, -0.15) is 0 Å². The van der Waals surface area contributed by atoms with Crippen molar-refractivity contribution < 1.29 is 17.7 Å². The molecule has 0 N–H and O–H groups in total. The van der Waals surface area contributed by atoms with Gasteiger partial charge in [0.25, 0.3) is 0 Å². The third-order valence-corrected chi connectivity index (χ3v) is 13.1. The van der Waals surface area contributed by atoms with Crippen molar-refractivity contribution in [1.29, 1.82) is 0 Å². The van der Waals surface area contributed by atoms with Crippen LogP contribution in [0.15, 0.2) is 248 Å². The zero-order valence-corrected chi connectivity index (χ0v) is 37.4. The molecule has 0 unspecified atom stereocenters. The van der Waals surface area contributed by atoms with E-state index in [9.17, 15) is 0 Å². The van der Waals surface area contributed by atoms with Crippen LogP contribution < -0.4 is 9.80 Å². The fourth-order valence-corrected chi connectivity index (χ4v) is 9.72. The van der Waals surface area contributed by atoms with Gasteiger partial charge in [-0.1, -0.05) is 84.9 Å². The molecule has 0 aliphatic heterocycles. The summed E-state index contributed by atoms with van der Waals surface area (Å²) in [5, 5.41) is 4.40. The van der Waals surface area contributed by atoms with E-state index in [4.69, 9.17) is 27.6 Å². The molecule has 4 heterocycles. The first-order valence-electron chi connectivity index (χ1n) is 23.2. The van der Waals surface area contributed by atoms with E-state index in [1.165, 1.54) is 0 Å². The van der Waals surface area contributed by atoms with Crippen LogP contribution in [0, 0.1) is 0 Å². The van der Waals surface area contributed by atoms with Gasteiger partial charge in [-0.25, -0.2) is 9.97 Å². The Labute approximate surface area is 400 Å². The Bertz CT molecular complexity index is 3970. The lowest BCUT2D eigenvalue weighted by Crippen LogP contribution is -2.09. The van der Waals surface area contributed by atoms with Crippen LogP contribution >= 0.6 is 0 Å². The number of rotatable bonds is 9. The molecule has 0 spiro atoms. The zero-order valence-electron chi connectivity index (χ0n) is 37.4. The molecular weight excluding hydrogens is 865 g/mol. The number of benzene rings is 10. The van der Waals surface area contributed by atoms with Crippen molar-refractivity contribution in [3.63, 3.8) is 0 Å². The number of furan rings is 2. The van der Waals surface area contributed by atoms with Crippen molar-refractivity contribution in [1.82, 2.24) is 9.97 Å². The van der Waals surface area contributed by atoms with Crippen LogP contribution in [0.5, 0.6) is 0 Å². The number of para-hydroxylation sites is 4. The molecule has 0 amide bonds. The van der Waals surface area contributed by atoms with Crippen molar-refractivity contribution in [2.75, 3.05) is 9.80 Å². The summed E-state index contributed by atoms with van der Waals surface area (Å²) in [6, 6.07) is 78.6. The maximum absolute atomic E-state index is 6.45. The summed E-state index contributed by atoms with van der Waals surface area (Å²) in [7, 11) is 0. The van der Waals surface area contributed by atoms with E-state index in [1.807, 2.05) is 72.8 Å². The Morgan fingerprint density at radius 3 is 1.04 bits per heavy atom. The highest BCUT2D eigenvalue weighted by molar-refractivity contribution is 6.07. The van der Waals surface area contributed by atoms with Gasteiger partial charge in [0.2, 0.25) is 11.8 Å². The fourth-order valence-electron chi connectivity index (χ4n) is 9.72. The predicted octanol–water partition coefficient (Wildman–Crippen LogP) is 17.7. The van der Waals surface area contributed by atoms with E-state index >= 15 is 0 Å². The fraction of sp³-hybridized carbons (Fsp3) is 0. The Balaban J connectivity index is 0.730. The Morgan fingerprint density at radius 1 is 0.243 bits per heavy atom. The summed E-state index contributed by atoms with van der Waals surface area (Å²) < 4.78 is 25.5. The summed E-state index contributed by atoms with van der Waals surface area (Å²) in [4.78, 5) is 14.2. The molecule has 0 bridgehead atoms. The molecule has 14 aromatic rings. The van der Waals surface area contributed by atoms with E-state index in [0.29, 0.717) is 22.9 Å². The number of anilines is 6. The second-order valence-electron chi connectivity index (χ2n) is 17.4. The second kappa shape index (κ2) is 16.0. The molecule has 0 atom stereocenters. The van der Waals surface area contributed by atoms with Crippen LogP contribution in [0.2, 0.25) is 0 Å². The summed E-state index contributed by atoms with van der Waals surface area (Å²) in [6.45, 7) is 0. The van der Waals surface area contributed by atoms with Gasteiger partial charge >= 0.3 is 0 Å². The predicted molar refractivity (Wildman–Crippen MR) is 282 cm³/mol. The van der Waals surface area contributed by atoms with Gasteiger partial charge < -0.3 is 27.5 Å². The third kappa shape index (κ3) is 6.77. The van der Waals surface area contributed by atoms with Gasteiger partial charge in [-0.3, -0.25) is 0 Å². The van der Waals surface area contributed by atoms with Gasteiger partial charge in [0.1, 0.15) is 33.4 Å². The van der Waals surface area contributed by atoms with Gasteiger partial charge in [-0.15, -0.1) is 0 Å². The maximum atomic E-state index is 6.45. The van der Waals surface area contributed by atoms with Crippen LogP contribution in [-0.2, 0) is 0 Å². The Morgan fingerprint density at radius 2 is 0.600 bits per heavy atom. The van der Waals surface area contributed by atoms with Crippen LogP contribution in [0.3, 0.4) is 0 Å². The number of fused-ring (bicyclic) bond motifs is 8. The van der Waals surface area contributed by atoms with Crippen molar-refractivity contribution in [3.05, 3.63) is 231 Å². The summed E-state index contributed by atoms with van der Waals surface area (Å²) in [5.74, 6) is 1.10. The van der Waals surface area contributed by atoms with Crippen molar-refractivity contribution in [2.24, 2.45) is 0 Å².